The lowest BCUT2D eigenvalue weighted by Gasteiger charge is -2.31. The van der Waals surface area contributed by atoms with Gasteiger partial charge in [-0.2, -0.15) is 0 Å². The Balaban J connectivity index is 4.08. The summed E-state index contributed by atoms with van der Waals surface area (Å²) in [5.74, 6) is 0.713. The number of hydrogen-bond acceptors (Lipinski definition) is 2. The molecule has 0 saturated carbocycles. The van der Waals surface area contributed by atoms with E-state index in [1.165, 1.54) is 6.42 Å². The molecule has 92 valence electrons. The Morgan fingerprint density at radius 2 is 1.60 bits per heavy atom. The highest BCUT2D eigenvalue weighted by Gasteiger charge is 2.25. The van der Waals surface area contributed by atoms with Crippen LogP contribution in [-0.4, -0.2) is 23.9 Å². The molecule has 0 saturated heterocycles. The van der Waals surface area contributed by atoms with E-state index in [0.29, 0.717) is 12.5 Å². The molecule has 0 rings (SSSR count). The molecule has 2 unspecified atom stereocenters. The Hall–Kier alpha value is -0.0800. The molecule has 0 amide bonds. The SMILES string of the molecule is CC(C)CCC(OCC(C)O)C(C)(C)C. The van der Waals surface area contributed by atoms with Crippen LogP contribution in [0, 0.1) is 11.3 Å². The van der Waals surface area contributed by atoms with Crippen LogP contribution in [-0.2, 0) is 4.74 Å². The van der Waals surface area contributed by atoms with E-state index in [0.717, 1.165) is 6.42 Å². The van der Waals surface area contributed by atoms with Crippen LogP contribution < -0.4 is 0 Å². The predicted molar refractivity (Wildman–Crippen MR) is 64.9 cm³/mol. The molecule has 0 aliphatic heterocycles. The minimum atomic E-state index is -0.367. The summed E-state index contributed by atoms with van der Waals surface area (Å²) < 4.78 is 5.77. The monoisotopic (exact) mass is 216 g/mol. The number of hydrogen-bond donors (Lipinski definition) is 1. The van der Waals surface area contributed by atoms with Gasteiger partial charge in [-0.25, -0.2) is 0 Å². The third-order valence-corrected chi connectivity index (χ3v) is 2.51. The van der Waals surface area contributed by atoms with Crippen molar-refractivity contribution in [1.82, 2.24) is 0 Å². The smallest absolute Gasteiger partial charge is 0.0745 e. The number of aliphatic hydroxyl groups is 1. The van der Waals surface area contributed by atoms with Crippen molar-refractivity contribution < 1.29 is 9.84 Å². The van der Waals surface area contributed by atoms with Gasteiger partial charge >= 0.3 is 0 Å². The van der Waals surface area contributed by atoms with Crippen molar-refractivity contribution in [1.29, 1.82) is 0 Å². The molecule has 15 heavy (non-hydrogen) atoms. The highest BCUT2D eigenvalue weighted by atomic mass is 16.5. The first-order chi connectivity index (χ1) is 6.73. The van der Waals surface area contributed by atoms with Gasteiger partial charge in [-0.15, -0.1) is 0 Å². The maximum atomic E-state index is 9.22. The van der Waals surface area contributed by atoms with Gasteiger partial charge in [-0.1, -0.05) is 34.6 Å². The van der Waals surface area contributed by atoms with Crippen LogP contribution in [0.3, 0.4) is 0 Å². The van der Waals surface area contributed by atoms with Gasteiger partial charge in [0.15, 0.2) is 0 Å². The standard InChI is InChI=1S/C13H28O2/c1-10(2)7-8-12(13(4,5)6)15-9-11(3)14/h10-12,14H,7-9H2,1-6H3. The summed E-state index contributed by atoms with van der Waals surface area (Å²) in [5.41, 5.74) is 0.157. The van der Waals surface area contributed by atoms with Gasteiger partial charge < -0.3 is 9.84 Å². The molecule has 1 N–H and O–H groups in total. The molecule has 0 aromatic carbocycles. The van der Waals surface area contributed by atoms with Gasteiger partial charge in [0.1, 0.15) is 0 Å². The lowest BCUT2D eigenvalue weighted by Crippen LogP contribution is -2.32. The Morgan fingerprint density at radius 1 is 1.07 bits per heavy atom. The van der Waals surface area contributed by atoms with E-state index in [9.17, 15) is 5.11 Å². The van der Waals surface area contributed by atoms with Crippen molar-refractivity contribution in [2.75, 3.05) is 6.61 Å². The summed E-state index contributed by atoms with van der Waals surface area (Å²) in [6, 6.07) is 0. The Kier molecular flexibility index (Phi) is 6.46. The molecule has 0 heterocycles. The van der Waals surface area contributed by atoms with Crippen LogP contribution in [0.25, 0.3) is 0 Å². The first-order valence-electron chi connectivity index (χ1n) is 6.03. The quantitative estimate of drug-likeness (QED) is 0.738. The van der Waals surface area contributed by atoms with Crippen molar-refractivity contribution >= 4 is 0 Å². The van der Waals surface area contributed by atoms with Crippen molar-refractivity contribution in [3.05, 3.63) is 0 Å². The van der Waals surface area contributed by atoms with Gasteiger partial charge in [0.25, 0.3) is 0 Å². The average molecular weight is 216 g/mol. The van der Waals surface area contributed by atoms with Crippen LogP contribution in [0.15, 0.2) is 0 Å². The molecular weight excluding hydrogens is 188 g/mol. The number of ether oxygens (including phenoxy) is 1. The second kappa shape index (κ2) is 6.49. The average Bonchev–Trinajstić information content (AvgIpc) is 2.00. The summed E-state index contributed by atoms with van der Waals surface area (Å²) in [6.07, 6.45) is 2.14. The molecule has 2 heteroatoms. The van der Waals surface area contributed by atoms with Gasteiger partial charge in [0.05, 0.1) is 18.8 Å². The van der Waals surface area contributed by atoms with E-state index >= 15 is 0 Å². The largest absolute Gasteiger partial charge is 0.391 e. The zero-order valence-electron chi connectivity index (χ0n) is 11.2. The lowest BCUT2D eigenvalue weighted by molar-refractivity contribution is -0.0568. The molecule has 0 fully saturated rings. The summed E-state index contributed by atoms with van der Waals surface area (Å²) in [5, 5.41) is 9.22. The van der Waals surface area contributed by atoms with Gasteiger partial charge in [0.2, 0.25) is 0 Å². The molecule has 2 atom stereocenters. The highest BCUT2D eigenvalue weighted by molar-refractivity contribution is 4.75. The highest BCUT2D eigenvalue weighted by Crippen LogP contribution is 2.27. The molecule has 0 aliphatic carbocycles. The molecule has 0 bridgehead atoms. The fraction of sp³-hybridized carbons (Fsp3) is 1.00. The van der Waals surface area contributed by atoms with Crippen molar-refractivity contribution in [2.24, 2.45) is 11.3 Å². The summed E-state index contributed by atoms with van der Waals surface area (Å²) in [6.45, 7) is 13.3. The molecule has 2 nitrogen and oxygen atoms in total. The Bertz CT molecular complexity index is 144. The minimum absolute atomic E-state index is 0.157. The van der Waals surface area contributed by atoms with E-state index in [-0.39, 0.29) is 17.6 Å². The maximum Gasteiger partial charge on any atom is 0.0745 e. The molecular formula is C13H28O2. The first kappa shape index (κ1) is 14.9. The van der Waals surface area contributed by atoms with Crippen molar-refractivity contribution in [3.63, 3.8) is 0 Å². The van der Waals surface area contributed by atoms with Gasteiger partial charge in [0, 0.05) is 0 Å². The fourth-order valence-corrected chi connectivity index (χ4v) is 1.51. The third-order valence-electron chi connectivity index (χ3n) is 2.51. The van der Waals surface area contributed by atoms with E-state index < -0.39 is 0 Å². The van der Waals surface area contributed by atoms with Crippen LogP contribution >= 0.6 is 0 Å². The Morgan fingerprint density at radius 3 is 1.93 bits per heavy atom. The summed E-state index contributed by atoms with van der Waals surface area (Å²) in [7, 11) is 0. The van der Waals surface area contributed by atoms with E-state index in [1.807, 2.05) is 0 Å². The minimum Gasteiger partial charge on any atom is -0.391 e. The number of aliphatic hydroxyl groups excluding tert-OH is 1. The van der Waals surface area contributed by atoms with Crippen molar-refractivity contribution in [3.8, 4) is 0 Å². The fourth-order valence-electron chi connectivity index (χ4n) is 1.51. The maximum absolute atomic E-state index is 9.22. The van der Waals surface area contributed by atoms with Crippen LogP contribution in [0.2, 0.25) is 0 Å². The van der Waals surface area contributed by atoms with E-state index in [4.69, 9.17) is 4.74 Å². The van der Waals surface area contributed by atoms with E-state index in [2.05, 4.69) is 34.6 Å². The first-order valence-corrected chi connectivity index (χ1v) is 6.03. The molecule has 0 aliphatic rings. The van der Waals surface area contributed by atoms with Crippen LogP contribution in [0.5, 0.6) is 0 Å². The molecule has 0 aromatic rings. The molecule has 0 spiro atoms. The van der Waals surface area contributed by atoms with Crippen molar-refractivity contribution in [2.45, 2.75) is 66.6 Å². The Labute approximate surface area is 95.0 Å². The second-order valence-corrected chi connectivity index (χ2v) is 6.01. The topological polar surface area (TPSA) is 29.5 Å². The van der Waals surface area contributed by atoms with Gasteiger partial charge in [-0.05, 0) is 31.1 Å². The van der Waals surface area contributed by atoms with Crippen LogP contribution in [0.4, 0.5) is 0 Å². The molecule has 0 radical (unpaired) electrons. The van der Waals surface area contributed by atoms with Crippen LogP contribution in [0.1, 0.15) is 54.4 Å². The van der Waals surface area contributed by atoms with Gasteiger partial charge in [-0.3, -0.25) is 0 Å². The zero-order valence-corrected chi connectivity index (χ0v) is 11.2. The number of rotatable bonds is 6. The lowest BCUT2D eigenvalue weighted by atomic mass is 9.85. The van der Waals surface area contributed by atoms with E-state index in [1.54, 1.807) is 6.92 Å². The third kappa shape index (κ3) is 7.80. The molecule has 0 aromatic heterocycles. The summed E-state index contributed by atoms with van der Waals surface area (Å²) >= 11 is 0. The predicted octanol–water partition coefficient (Wildman–Crippen LogP) is 3.23. The normalized spacial score (nSPS) is 16.8. The zero-order chi connectivity index (χ0) is 12.1. The summed E-state index contributed by atoms with van der Waals surface area (Å²) in [4.78, 5) is 0. The second-order valence-electron chi connectivity index (χ2n) is 6.01.